The Hall–Kier alpha value is -2.40. The quantitative estimate of drug-likeness (QED) is 0.478. The van der Waals surface area contributed by atoms with Crippen LogP contribution in [-0.4, -0.2) is 38.1 Å². The summed E-state index contributed by atoms with van der Waals surface area (Å²) in [5.74, 6) is 0. The molecule has 4 rings (SSSR count). The zero-order valence-corrected chi connectivity index (χ0v) is 19.3. The summed E-state index contributed by atoms with van der Waals surface area (Å²) < 4.78 is 3.05. The van der Waals surface area contributed by atoms with Gasteiger partial charge in [0.1, 0.15) is 0 Å². The van der Waals surface area contributed by atoms with Gasteiger partial charge in [0.2, 0.25) is 0 Å². The molecule has 1 nitrogen and oxygen atoms in total. The van der Waals surface area contributed by atoms with Gasteiger partial charge in [-0.05, 0) is 0 Å². The van der Waals surface area contributed by atoms with Crippen LogP contribution in [0.15, 0.2) is 106 Å². The molecule has 1 radical (unpaired) electrons. The molecule has 1 aliphatic carbocycles. The summed E-state index contributed by atoms with van der Waals surface area (Å²) in [6.07, 6.45) is 18.6. The Balaban J connectivity index is 1.66. The number of nitrogens with zero attached hydrogens (tertiary/aromatic N) is 1. The van der Waals surface area contributed by atoms with Gasteiger partial charge < -0.3 is 0 Å². The third-order valence-electron chi connectivity index (χ3n) is 5.03. The van der Waals surface area contributed by atoms with Gasteiger partial charge in [0.05, 0.1) is 0 Å². The Morgan fingerprint density at radius 2 is 1.66 bits per heavy atom. The fraction of sp³-hybridized carbons (Fsp3) is 0.148. The first kappa shape index (κ1) is 19.9. The first-order valence-corrected chi connectivity index (χ1v) is 12.4. The van der Waals surface area contributed by atoms with E-state index in [4.69, 9.17) is 0 Å². The molecule has 0 fully saturated rings. The molecule has 1 heterocycles. The van der Waals surface area contributed by atoms with Crippen molar-refractivity contribution in [1.82, 2.24) is 0 Å². The minimum atomic E-state index is -0.396. The molecule has 2 aromatic carbocycles. The maximum atomic E-state index is 2.41. The molecule has 2 aliphatic rings. The van der Waals surface area contributed by atoms with Gasteiger partial charge in [-0.15, -0.1) is 0 Å². The number of anilines is 1. The van der Waals surface area contributed by atoms with Gasteiger partial charge in [0.25, 0.3) is 0 Å². The molecule has 0 aromatic heterocycles. The Morgan fingerprint density at radius 1 is 0.862 bits per heavy atom. The maximum absolute atomic E-state index is 2.41. The summed E-state index contributed by atoms with van der Waals surface area (Å²) in [5.41, 5.74) is 6.53. The zero-order chi connectivity index (χ0) is 20.1. The number of hydrogen-bond acceptors (Lipinski definition) is 1. The van der Waals surface area contributed by atoms with Crippen LogP contribution in [0.4, 0.5) is 5.69 Å². The summed E-state index contributed by atoms with van der Waals surface area (Å²) in [5, 5.41) is 0. The third-order valence-corrected chi connectivity index (χ3v) is 8.30. The van der Waals surface area contributed by atoms with E-state index in [0.29, 0.717) is 0 Å². The second-order valence-corrected chi connectivity index (χ2v) is 10.5. The van der Waals surface area contributed by atoms with Crippen LogP contribution in [0.5, 0.6) is 0 Å². The normalized spacial score (nSPS) is 16.2. The van der Waals surface area contributed by atoms with E-state index in [1.54, 1.807) is 0 Å². The van der Waals surface area contributed by atoms with Crippen molar-refractivity contribution in [2.45, 2.75) is 12.8 Å². The second kappa shape index (κ2) is 9.40. The van der Waals surface area contributed by atoms with Gasteiger partial charge in [0.15, 0.2) is 0 Å². The van der Waals surface area contributed by atoms with Crippen molar-refractivity contribution in [3.05, 3.63) is 117 Å². The van der Waals surface area contributed by atoms with E-state index in [0.717, 1.165) is 12.8 Å². The molecule has 0 spiro atoms. The molecular weight excluding hydrogens is 466 g/mol. The molecule has 0 unspecified atom stereocenters. The van der Waals surface area contributed by atoms with Crippen molar-refractivity contribution >= 4 is 35.8 Å². The van der Waals surface area contributed by atoms with Crippen molar-refractivity contribution in [2.24, 2.45) is 0 Å². The molecule has 1 aliphatic heterocycles. The van der Waals surface area contributed by atoms with E-state index in [2.05, 4.69) is 116 Å². The van der Waals surface area contributed by atoms with Gasteiger partial charge in [-0.25, -0.2) is 0 Å². The van der Waals surface area contributed by atoms with Crippen molar-refractivity contribution in [2.75, 3.05) is 19.0 Å². The second-order valence-electron chi connectivity index (χ2n) is 7.44. The molecule has 0 N–H and O–H groups in total. The first-order valence-electron chi connectivity index (χ1n) is 10.1. The third kappa shape index (κ3) is 5.15. The predicted octanol–water partition coefficient (Wildman–Crippen LogP) is 5.79. The number of benzene rings is 2. The Morgan fingerprint density at radius 3 is 2.34 bits per heavy atom. The molecule has 0 saturated heterocycles. The monoisotopic (exact) mass is 494 g/mol. The summed E-state index contributed by atoms with van der Waals surface area (Å²) >= 11 is -0.396. The molecular formula is C27H26NTe. The number of rotatable bonds is 5. The Kier molecular flexibility index (Phi) is 6.45. The summed E-state index contributed by atoms with van der Waals surface area (Å²) in [6.45, 7) is 0. The van der Waals surface area contributed by atoms with Crippen LogP contribution in [0.1, 0.15) is 24.0 Å². The molecule has 0 bridgehead atoms. The van der Waals surface area contributed by atoms with Crippen LogP contribution in [0, 0.1) is 0 Å². The van der Waals surface area contributed by atoms with E-state index in [1.807, 2.05) is 0 Å². The van der Waals surface area contributed by atoms with E-state index in [1.165, 1.54) is 35.1 Å². The summed E-state index contributed by atoms with van der Waals surface area (Å²) in [4.78, 5) is 2.13. The van der Waals surface area contributed by atoms with Crippen molar-refractivity contribution in [3.8, 4) is 0 Å². The Bertz CT molecular complexity index is 1050. The fourth-order valence-electron chi connectivity index (χ4n) is 3.38. The van der Waals surface area contributed by atoms with Gasteiger partial charge >= 0.3 is 185 Å². The minimum absolute atomic E-state index is 0.396. The molecule has 0 atom stereocenters. The van der Waals surface area contributed by atoms with E-state index >= 15 is 0 Å². The topological polar surface area (TPSA) is 3.24 Å². The van der Waals surface area contributed by atoms with Crippen LogP contribution in [0.25, 0.3) is 6.08 Å². The van der Waals surface area contributed by atoms with Gasteiger partial charge in [-0.1, -0.05) is 0 Å². The number of hydrogen-bond donors (Lipinski definition) is 0. The van der Waals surface area contributed by atoms with E-state index in [-0.39, 0.29) is 0 Å². The van der Waals surface area contributed by atoms with Crippen LogP contribution in [0.3, 0.4) is 0 Å². The van der Waals surface area contributed by atoms with Crippen molar-refractivity contribution in [1.29, 1.82) is 0 Å². The predicted molar refractivity (Wildman–Crippen MR) is 129 cm³/mol. The van der Waals surface area contributed by atoms with Crippen LogP contribution < -0.4 is 4.90 Å². The van der Waals surface area contributed by atoms with Gasteiger partial charge in [-0.2, -0.15) is 0 Å². The molecule has 145 valence electrons. The van der Waals surface area contributed by atoms with Crippen LogP contribution >= 0.6 is 0 Å². The fourth-order valence-corrected chi connectivity index (χ4v) is 6.66. The van der Waals surface area contributed by atoms with Crippen molar-refractivity contribution < 1.29 is 0 Å². The van der Waals surface area contributed by atoms with Gasteiger partial charge in [-0.3, -0.25) is 0 Å². The van der Waals surface area contributed by atoms with Crippen LogP contribution in [0.2, 0.25) is 0 Å². The standard InChI is InChI=1S/C27H26NTe/c1-28(2)25-17-15-21(16-18-25)13-14-22-19-26(23-9-5-3-6-10-23)29-27(20-22)24-11-7-4-8-12-24/h3,5-7,9-20H,4,8H2,1-2H3. The van der Waals surface area contributed by atoms with Gasteiger partial charge in [0, 0.05) is 0 Å². The zero-order valence-electron chi connectivity index (χ0n) is 17.0. The molecule has 2 aromatic rings. The SMILES string of the molecule is CN(C)c1ccc(C=CC2=CC(c3ccccc3)=[Te]C(C3=CCCC=C3)=C2)cc1. The molecule has 0 saturated carbocycles. The number of allylic oxidation sites excluding steroid dienone is 9. The summed E-state index contributed by atoms with van der Waals surface area (Å²) in [7, 11) is 4.14. The molecule has 2 heteroatoms. The molecule has 0 amide bonds. The van der Waals surface area contributed by atoms with E-state index < -0.39 is 20.5 Å². The molecule has 29 heavy (non-hydrogen) atoms. The Labute approximate surface area is 184 Å². The van der Waals surface area contributed by atoms with Crippen LogP contribution in [-0.2, 0) is 0 Å². The van der Waals surface area contributed by atoms with E-state index in [9.17, 15) is 0 Å². The summed E-state index contributed by atoms with van der Waals surface area (Å²) in [6, 6.07) is 19.6. The first-order chi connectivity index (χ1) is 14.2. The average molecular weight is 492 g/mol. The average Bonchev–Trinajstić information content (AvgIpc) is 2.79. The van der Waals surface area contributed by atoms with Crippen molar-refractivity contribution in [3.63, 3.8) is 0 Å².